The molecule has 0 fully saturated rings. The third-order valence-electron chi connectivity index (χ3n) is 5.21. The molecule has 2 N–H and O–H groups in total. The van der Waals surface area contributed by atoms with Crippen LogP contribution in [0.3, 0.4) is 0 Å². The first-order chi connectivity index (χ1) is 16.4. The monoisotopic (exact) mass is 458 g/mol. The second kappa shape index (κ2) is 12.3. The maximum atomic E-state index is 13.3. The lowest BCUT2D eigenvalue weighted by Crippen LogP contribution is -2.43. The van der Waals surface area contributed by atoms with Crippen LogP contribution in [0.4, 0.5) is 17.1 Å². The molecule has 0 saturated carbocycles. The summed E-state index contributed by atoms with van der Waals surface area (Å²) in [5.74, 6) is -0.447. The van der Waals surface area contributed by atoms with E-state index >= 15 is 0 Å². The minimum absolute atomic E-state index is 0.0793. The summed E-state index contributed by atoms with van der Waals surface area (Å²) >= 11 is 0. The fourth-order valence-electron chi connectivity index (χ4n) is 3.50. The van der Waals surface area contributed by atoms with Crippen LogP contribution in [0.1, 0.15) is 19.4 Å². The van der Waals surface area contributed by atoms with E-state index in [4.69, 9.17) is 0 Å². The maximum absolute atomic E-state index is 13.3. The molecule has 7 heteroatoms. The maximum Gasteiger partial charge on any atom is 0.241 e. The van der Waals surface area contributed by atoms with Crippen LogP contribution >= 0.6 is 0 Å². The van der Waals surface area contributed by atoms with E-state index in [0.29, 0.717) is 24.5 Å². The van der Waals surface area contributed by atoms with E-state index in [-0.39, 0.29) is 30.8 Å². The van der Waals surface area contributed by atoms with Gasteiger partial charge in [-0.1, -0.05) is 55.5 Å². The standard InChI is InChI=1S/C27H30N4O3/c1-3-30(19-26(33)29-24-16-14-23(15-17-24)28-21(2)32)20-27(34)31(25-12-8-5-9-13-25)18-22-10-6-4-7-11-22/h4-17H,3,18-20H2,1-2H3,(H,28,32)(H,29,33). The average molecular weight is 459 g/mol. The first-order valence-corrected chi connectivity index (χ1v) is 11.2. The van der Waals surface area contributed by atoms with Crippen LogP contribution in [-0.2, 0) is 20.9 Å². The molecule has 3 rings (SSSR count). The molecule has 0 bridgehead atoms. The number of rotatable bonds is 10. The summed E-state index contributed by atoms with van der Waals surface area (Å²) in [5.41, 5.74) is 3.13. The Morgan fingerprint density at radius 2 is 1.29 bits per heavy atom. The largest absolute Gasteiger partial charge is 0.326 e. The fourth-order valence-corrected chi connectivity index (χ4v) is 3.50. The smallest absolute Gasteiger partial charge is 0.241 e. The van der Waals surface area contributed by atoms with Crippen LogP contribution in [0.25, 0.3) is 0 Å². The number of amides is 3. The molecule has 176 valence electrons. The van der Waals surface area contributed by atoms with Gasteiger partial charge < -0.3 is 15.5 Å². The Balaban J connectivity index is 1.63. The van der Waals surface area contributed by atoms with Crippen molar-refractivity contribution in [2.24, 2.45) is 0 Å². The van der Waals surface area contributed by atoms with Crippen molar-refractivity contribution in [1.29, 1.82) is 0 Å². The van der Waals surface area contributed by atoms with Crippen LogP contribution in [0.5, 0.6) is 0 Å². The molecule has 0 atom stereocenters. The van der Waals surface area contributed by atoms with Gasteiger partial charge in [-0.2, -0.15) is 0 Å². The molecule has 7 nitrogen and oxygen atoms in total. The van der Waals surface area contributed by atoms with Crippen LogP contribution in [0.2, 0.25) is 0 Å². The lowest BCUT2D eigenvalue weighted by molar-refractivity contribution is -0.121. The molecule has 0 radical (unpaired) electrons. The highest BCUT2D eigenvalue weighted by molar-refractivity contribution is 5.96. The molecule has 3 amide bonds. The van der Waals surface area contributed by atoms with E-state index < -0.39 is 0 Å². The number of likely N-dealkylation sites (N-methyl/N-ethyl adjacent to an activating group) is 1. The van der Waals surface area contributed by atoms with Gasteiger partial charge in [-0.05, 0) is 48.5 Å². The van der Waals surface area contributed by atoms with E-state index in [1.165, 1.54) is 6.92 Å². The summed E-state index contributed by atoms with van der Waals surface area (Å²) in [6.07, 6.45) is 0. The Morgan fingerprint density at radius 3 is 1.85 bits per heavy atom. The predicted molar refractivity (Wildman–Crippen MR) is 136 cm³/mol. The second-order valence-electron chi connectivity index (χ2n) is 7.91. The van der Waals surface area contributed by atoms with Gasteiger partial charge >= 0.3 is 0 Å². The summed E-state index contributed by atoms with van der Waals surface area (Å²) in [5, 5.41) is 5.53. The first-order valence-electron chi connectivity index (χ1n) is 11.2. The lowest BCUT2D eigenvalue weighted by atomic mass is 10.2. The van der Waals surface area contributed by atoms with Crippen molar-refractivity contribution >= 4 is 34.8 Å². The normalized spacial score (nSPS) is 10.6. The Hall–Kier alpha value is -3.97. The molecular formula is C27H30N4O3. The van der Waals surface area contributed by atoms with E-state index in [0.717, 1.165) is 11.3 Å². The van der Waals surface area contributed by atoms with Gasteiger partial charge in [0.1, 0.15) is 0 Å². The second-order valence-corrected chi connectivity index (χ2v) is 7.91. The number of carbonyl (C=O) groups excluding carboxylic acids is 3. The highest BCUT2D eigenvalue weighted by atomic mass is 16.2. The molecule has 0 spiro atoms. The van der Waals surface area contributed by atoms with Crippen LogP contribution < -0.4 is 15.5 Å². The number of anilines is 3. The number of hydrogen-bond donors (Lipinski definition) is 2. The van der Waals surface area contributed by atoms with Crippen molar-refractivity contribution in [2.45, 2.75) is 20.4 Å². The summed E-state index contributed by atoms with van der Waals surface area (Å²) in [6, 6.07) is 26.3. The van der Waals surface area contributed by atoms with Crippen LogP contribution in [0, 0.1) is 0 Å². The molecule has 0 unspecified atom stereocenters. The zero-order valence-corrected chi connectivity index (χ0v) is 19.5. The predicted octanol–water partition coefficient (Wildman–Crippen LogP) is 4.14. The van der Waals surface area contributed by atoms with Crippen molar-refractivity contribution in [3.63, 3.8) is 0 Å². The SMILES string of the molecule is CCN(CC(=O)Nc1ccc(NC(C)=O)cc1)CC(=O)N(Cc1ccccc1)c1ccccc1. The number of carbonyl (C=O) groups is 3. The molecule has 34 heavy (non-hydrogen) atoms. The topological polar surface area (TPSA) is 81.8 Å². The zero-order chi connectivity index (χ0) is 24.3. The quantitative estimate of drug-likeness (QED) is 0.479. The van der Waals surface area contributed by atoms with Gasteiger partial charge in [-0.15, -0.1) is 0 Å². The van der Waals surface area contributed by atoms with Gasteiger partial charge in [0.15, 0.2) is 0 Å². The summed E-state index contributed by atoms with van der Waals surface area (Å²) < 4.78 is 0. The number of benzene rings is 3. The van der Waals surface area contributed by atoms with Crippen molar-refractivity contribution < 1.29 is 14.4 Å². The van der Waals surface area contributed by atoms with Crippen molar-refractivity contribution in [1.82, 2.24) is 4.90 Å². The van der Waals surface area contributed by atoms with Crippen LogP contribution in [0.15, 0.2) is 84.9 Å². The fraction of sp³-hybridized carbons (Fsp3) is 0.222. The van der Waals surface area contributed by atoms with Gasteiger partial charge in [0.05, 0.1) is 19.6 Å². The number of para-hydroxylation sites is 1. The van der Waals surface area contributed by atoms with Gasteiger partial charge in [-0.3, -0.25) is 19.3 Å². The number of nitrogens with one attached hydrogen (secondary N) is 2. The molecule has 0 aliphatic heterocycles. The minimum Gasteiger partial charge on any atom is -0.326 e. The van der Waals surface area contributed by atoms with E-state index in [1.807, 2.05) is 72.5 Å². The van der Waals surface area contributed by atoms with Gasteiger partial charge in [0.2, 0.25) is 17.7 Å². The van der Waals surface area contributed by atoms with Crippen LogP contribution in [-0.4, -0.2) is 42.3 Å². The third kappa shape index (κ3) is 7.56. The molecule has 3 aromatic rings. The van der Waals surface area contributed by atoms with Gasteiger partial charge in [0, 0.05) is 24.0 Å². The number of nitrogens with zero attached hydrogens (tertiary/aromatic N) is 2. The van der Waals surface area contributed by atoms with E-state index in [1.54, 1.807) is 29.2 Å². The van der Waals surface area contributed by atoms with Gasteiger partial charge in [-0.25, -0.2) is 0 Å². The third-order valence-corrected chi connectivity index (χ3v) is 5.21. The summed E-state index contributed by atoms with van der Waals surface area (Å²) in [6.45, 7) is 4.57. The average Bonchev–Trinajstić information content (AvgIpc) is 2.84. The molecule has 0 aliphatic rings. The molecule has 0 heterocycles. The Morgan fingerprint density at radius 1 is 0.735 bits per heavy atom. The highest BCUT2D eigenvalue weighted by Gasteiger charge is 2.20. The van der Waals surface area contributed by atoms with Gasteiger partial charge in [0.25, 0.3) is 0 Å². The Kier molecular flexibility index (Phi) is 8.94. The molecule has 0 aliphatic carbocycles. The summed E-state index contributed by atoms with van der Waals surface area (Å²) in [7, 11) is 0. The molecular weight excluding hydrogens is 428 g/mol. The lowest BCUT2D eigenvalue weighted by Gasteiger charge is -2.27. The zero-order valence-electron chi connectivity index (χ0n) is 19.5. The summed E-state index contributed by atoms with van der Waals surface area (Å²) in [4.78, 5) is 40.6. The Labute approximate surface area is 200 Å². The van der Waals surface area contributed by atoms with E-state index in [9.17, 15) is 14.4 Å². The van der Waals surface area contributed by atoms with Crippen molar-refractivity contribution in [2.75, 3.05) is 35.2 Å². The van der Waals surface area contributed by atoms with Crippen molar-refractivity contribution in [3.8, 4) is 0 Å². The highest BCUT2D eigenvalue weighted by Crippen LogP contribution is 2.18. The number of hydrogen-bond acceptors (Lipinski definition) is 4. The molecule has 0 aromatic heterocycles. The molecule has 3 aromatic carbocycles. The minimum atomic E-state index is -0.212. The molecule has 0 saturated heterocycles. The first kappa shape index (κ1) is 24.7. The van der Waals surface area contributed by atoms with Crippen molar-refractivity contribution in [3.05, 3.63) is 90.5 Å². The van der Waals surface area contributed by atoms with E-state index in [2.05, 4.69) is 10.6 Å². The Bertz CT molecular complexity index is 1090.